The number of aliphatic carboxylic acids is 1. The molecular weight excluding hydrogens is 419 g/mol. The molecule has 0 radical (unpaired) electrons. The Morgan fingerprint density at radius 1 is 1.07 bits per heavy atom. The van der Waals surface area contributed by atoms with Crippen LogP contribution in [0.1, 0.15) is 29.7 Å². The van der Waals surface area contributed by atoms with Crippen LogP contribution in [0.15, 0.2) is 29.3 Å². The summed E-state index contributed by atoms with van der Waals surface area (Å²) < 4.78 is 68.7. The van der Waals surface area contributed by atoms with Crippen molar-refractivity contribution in [3.8, 4) is 0 Å². The van der Waals surface area contributed by atoms with Gasteiger partial charge in [0.15, 0.2) is 22.3 Å². The van der Waals surface area contributed by atoms with Crippen LogP contribution in [-0.4, -0.2) is 21.6 Å². The number of carbonyl (C=O) groups excluding carboxylic acids is 1. The number of hydrogen-bond acceptors (Lipinski definition) is 3. The van der Waals surface area contributed by atoms with E-state index in [4.69, 9.17) is 0 Å². The zero-order valence-corrected chi connectivity index (χ0v) is 15.4. The van der Waals surface area contributed by atoms with Crippen molar-refractivity contribution >= 4 is 33.4 Å². The molecule has 1 unspecified atom stereocenters. The maximum Gasteiger partial charge on any atom is 0.326 e. The van der Waals surface area contributed by atoms with Gasteiger partial charge in [0.25, 0.3) is 5.91 Å². The SMILES string of the molecule is CCC(C(=O)O)n1/c(=N/C(=O)c2cc(F)cc(F)c2)sc2c(F)c(F)c(F)cc21. The van der Waals surface area contributed by atoms with E-state index >= 15 is 0 Å². The number of aromatic nitrogens is 1. The van der Waals surface area contributed by atoms with Crippen molar-refractivity contribution in [2.75, 3.05) is 0 Å². The molecule has 0 aliphatic carbocycles. The highest BCUT2D eigenvalue weighted by molar-refractivity contribution is 7.16. The zero-order valence-electron chi connectivity index (χ0n) is 14.6. The second-order valence-corrected chi connectivity index (χ2v) is 6.90. The van der Waals surface area contributed by atoms with E-state index in [1.807, 2.05) is 0 Å². The second-order valence-electron chi connectivity index (χ2n) is 5.93. The highest BCUT2D eigenvalue weighted by Gasteiger charge is 2.26. The predicted molar refractivity (Wildman–Crippen MR) is 92.9 cm³/mol. The molecule has 1 atom stereocenters. The average molecular weight is 430 g/mol. The summed E-state index contributed by atoms with van der Waals surface area (Å²) in [5, 5.41) is 9.44. The topological polar surface area (TPSA) is 71.7 Å². The summed E-state index contributed by atoms with van der Waals surface area (Å²) in [6, 6.07) is 1.17. The van der Waals surface area contributed by atoms with Gasteiger partial charge in [0.1, 0.15) is 17.7 Å². The van der Waals surface area contributed by atoms with Crippen LogP contribution in [0.2, 0.25) is 0 Å². The summed E-state index contributed by atoms with van der Waals surface area (Å²) in [6.45, 7) is 1.47. The van der Waals surface area contributed by atoms with Gasteiger partial charge in [0, 0.05) is 17.7 Å². The van der Waals surface area contributed by atoms with E-state index in [1.54, 1.807) is 0 Å². The molecule has 152 valence electrons. The molecule has 0 spiro atoms. The lowest BCUT2D eigenvalue weighted by atomic mass is 10.2. The number of halogens is 5. The number of thiazole rings is 1. The van der Waals surface area contributed by atoms with E-state index in [2.05, 4.69) is 4.99 Å². The summed E-state index contributed by atoms with van der Waals surface area (Å²) in [5.41, 5.74) is -0.801. The van der Waals surface area contributed by atoms with Crippen LogP contribution in [0.3, 0.4) is 0 Å². The summed E-state index contributed by atoms with van der Waals surface area (Å²) in [6.07, 6.45) is -0.0578. The summed E-state index contributed by atoms with van der Waals surface area (Å²) >= 11 is 0.409. The van der Waals surface area contributed by atoms with Gasteiger partial charge >= 0.3 is 5.97 Å². The van der Waals surface area contributed by atoms with Crippen molar-refractivity contribution in [3.63, 3.8) is 0 Å². The number of carbonyl (C=O) groups is 2. The van der Waals surface area contributed by atoms with E-state index < -0.39 is 62.1 Å². The Labute approximate surface area is 163 Å². The minimum absolute atomic E-state index is 0.0578. The van der Waals surface area contributed by atoms with Gasteiger partial charge in [-0.1, -0.05) is 18.3 Å². The average Bonchev–Trinajstić information content (AvgIpc) is 2.97. The summed E-state index contributed by atoms with van der Waals surface area (Å²) in [4.78, 5) is 27.2. The van der Waals surface area contributed by atoms with E-state index in [9.17, 15) is 36.6 Å². The Bertz CT molecular complexity index is 1200. The van der Waals surface area contributed by atoms with Crippen LogP contribution >= 0.6 is 11.3 Å². The maximum atomic E-state index is 14.2. The van der Waals surface area contributed by atoms with Gasteiger partial charge in [-0.05, 0) is 18.6 Å². The molecule has 1 amide bonds. The highest BCUT2D eigenvalue weighted by atomic mass is 32.1. The molecule has 5 nitrogen and oxygen atoms in total. The molecule has 1 aromatic heterocycles. The van der Waals surface area contributed by atoms with Crippen molar-refractivity contribution in [2.45, 2.75) is 19.4 Å². The monoisotopic (exact) mass is 430 g/mol. The molecule has 2 aromatic carbocycles. The third kappa shape index (κ3) is 3.77. The molecule has 3 rings (SSSR count). The van der Waals surface area contributed by atoms with Gasteiger partial charge in [0.05, 0.1) is 10.2 Å². The number of rotatable bonds is 4. The fourth-order valence-electron chi connectivity index (χ4n) is 2.76. The normalized spacial score (nSPS) is 13.1. The first kappa shape index (κ1) is 20.6. The van der Waals surface area contributed by atoms with Crippen LogP contribution in [0.5, 0.6) is 0 Å². The Kier molecular flexibility index (Phi) is 5.51. The first-order valence-corrected chi connectivity index (χ1v) is 8.92. The van der Waals surface area contributed by atoms with Gasteiger partial charge in [-0.15, -0.1) is 0 Å². The Hall–Kier alpha value is -3.08. The third-order valence-electron chi connectivity index (χ3n) is 4.05. The molecule has 0 saturated heterocycles. The molecule has 0 saturated carbocycles. The van der Waals surface area contributed by atoms with Gasteiger partial charge in [-0.25, -0.2) is 26.7 Å². The Morgan fingerprint density at radius 3 is 2.24 bits per heavy atom. The zero-order chi connectivity index (χ0) is 21.5. The number of nitrogens with zero attached hydrogens (tertiary/aromatic N) is 2. The lowest BCUT2D eigenvalue weighted by Crippen LogP contribution is -2.27. The number of hydrogen-bond donors (Lipinski definition) is 1. The van der Waals surface area contributed by atoms with Crippen molar-refractivity contribution in [3.05, 3.63) is 63.7 Å². The third-order valence-corrected chi connectivity index (χ3v) is 5.11. The van der Waals surface area contributed by atoms with E-state index in [1.165, 1.54) is 6.92 Å². The Balaban J connectivity index is 2.33. The van der Waals surface area contributed by atoms with Crippen LogP contribution in [0, 0.1) is 29.1 Å². The van der Waals surface area contributed by atoms with Gasteiger partial charge in [-0.2, -0.15) is 4.99 Å². The van der Waals surface area contributed by atoms with Gasteiger partial charge in [0.2, 0.25) is 0 Å². The van der Waals surface area contributed by atoms with Crippen molar-refractivity contribution in [1.29, 1.82) is 0 Å². The standard InChI is InChI=1S/C18H11F5N2O3S/c1-2-11(17(27)28)25-12-6-10(21)13(22)14(23)15(12)29-18(25)24-16(26)7-3-8(19)5-9(20)4-7/h3-6,11H,2H2,1H3,(H,27,28)/b24-18-. The lowest BCUT2D eigenvalue weighted by molar-refractivity contribution is -0.140. The van der Waals surface area contributed by atoms with Gasteiger partial charge < -0.3 is 9.67 Å². The van der Waals surface area contributed by atoms with Crippen molar-refractivity contribution < 1.29 is 36.6 Å². The van der Waals surface area contributed by atoms with Crippen LogP contribution in [0.4, 0.5) is 22.0 Å². The molecule has 1 N–H and O–H groups in total. The van der Waals surface area contributed by atoms with Crippen LogP contribution in [-0.2, 0) is 4.79 Å². The molecule has 3 aromatic rings. The molecule has 1 heterocycles. The lowest BCUT2D eigenvalue weighted by Gasteiger charge is -2.13. The van der Waals surface area contributed by atoms with Crippen molar-refractivity contribution in [1.82, 2.24) is 4.57 Å². The molecule has 11 heteroatoms. The summed E-state index contributed by atoms with van der Waals surface area (Å²) in [5.74, 6) is -9.50. The molecule has 0 bridgehead atoms. The largest absolute Gasteiger partial charge is 0.480 e. The van der Waals surface area contributed by atoms with E-state index in [0.29, 0.717) is 35.6 Å². The Morgan fingerprint density at radius 2 is 1.69 bits per heavy atom. The predicted octanol–water partition coefficient (Wildman–Crippen LogP) is 4.18. The first-order chi connectivity index (χ1) is 13.6. The van der Waals surface area contributed by atoms with Crippen LogP contribution < -0.4 is 4.80 Å². The molecule has 0 fully saturated rings. The first-order valence-electron chi connectivity index (χ1n) is 8.10. The fraction of sp³-hybridized carbons (Fsp3) is 0.167. The molecule has 29 heavy (non-hydrogen) atoms. The highest BCUT2D eigenvalue weighted by Crippen LogP contribution is 2.28. The van der Waals surface area contributed by atoms with Crippen molar-refractivity contribution in [2.24, 2.45) is 4.99 Å². The quantitative estimate of drug-likeness (QED) is 0.499. The number of benzene rings is 2. The number of amides is 1. The second kappa shape index (κ2) is 7.74. The van der Waals surface area contributed by atoms with E-state index in [-0.39, 0.29) is 11.9 Å². The minimum Gasteiger partial charge on any atom is -0.480 e. The van der Waals surface area contributed by atoms with Gasteiger partial charge in [-0.3, -0.25) is 4.79 Å². The summed E-state index contributed by atoms with van der Waals surface area (Å²) in [7, 11) is 0. The van der Waals surface area contributed by atoms with Crippen LogP contribution in [0.25, 0.3) is 10.2 Å². The smallest absolute Gasteiger partial charge is 0.326 e. The molecular formula is C18H11F5N2O3S. The molecule has 0 aliphatic rings. The molecule has 0 aliphatic heterocycles. The maximum absolute atomic E-state index is 14.2. The number of carboxylic acid groups (broad SMARTS) is 1. The minimum atomic E-state index is -1.76. The number of carboxylic acids is 1. The fourth-order valence-corrected chi connectivity index (χ4v) is 3.84. The van der Waals surface area contributed by atoms with E-state index in [0.717, 1.165) is 4.57 Å². The number of fused-ring (bicyclic) bond motifs is 1.